The lowest BCUT2D eigenvalue weighted by Crippen LogP contribution is -2.44. The Hall–Kier alpha value is 0.394. The Morgan fingerprint density at radius 3 is 2.17 bits per heavy atom. The van der Waals surface area contributed by atoms with Crippen molar-refractivity contribution in [3.05, 3.63) is 0 Å². The maximum atomic E-state index is 6.21. The highest BCUT2D eigenvalue weighted by Gasteiger charge is 2.39. The average Bonchev–Trinajstić information content (AvgIpc) is 2.07. The van der Waals surface area contributed by atoms with Gasteiger partial charge in [0.25, 0.3) is 0 Å². The molecule has 1 aliphatic rings. The van der Waals surface area contributed by atoms with E-state index in [1.807, 2.05) is 0 Å². The van der Waals surface area contributed by atoms with E-state index < -0.39 is 16.4 Å². The highest BCUT2D eigenvalue weighted by Crippen LogP contribution is 2.33. The van der Waals surface area contributed by atoms with Gasteiger partial charge in [0.05, 0.1) is 8.07 Å². The van der Waals surface area contributed by atoms with Gasteiger partial charge in [0.2, 0.25) is 0 Å². The van der Waals surface area contributed by atoms with E-state index in [1.54, 1.807) is 0 Å². The number of hydrogen-bond acceptors (Lipinski definition) is 1. The lowest BCUT2D eigenvalue weighted by atomic mass is 10.4. The molecule has 0 bridgehead atoms. The smallest absolute Gasteiger partial charge is 0.183 e. The molecule has 0 N–H and O–H groups in total. The summed E-state index contributed by atoms with van der Waals surface area (Å²) in [4.78, 5) is 0. The fourth-order valence-electron chi connectivity index (χ4n) is 1.94. The second kappa shape index (κ2) is 3.27. The molecule has 0 amide bonds. The van der Waals surface area contributed by atoms with Crippen LogP contribution in [0.25, 0.3) is 0 Å². The van der Waals surface area contributed by atoms with Crippen molar-refractivity contribution in [1.82, 2.24) is 0 Å². The van der Waals surface area contributed by atoms with Gasteiger partial charge in [-0.3, -0.25) is 0 Å². The van der Waals surface area contributed by atoms with Gasteiger partial charge in [-0.2, -0.15) is 0 Å². The van der Waals surface area contributed by atoms with E-state index in [4.69, 9.17) is 4.43 Å². The van der Waals surface area contributed by atoms with Crippen LogP contribution < -0.4 is 0 Å². The van der Waals surface area contributed by atoms with Crippen molar-refractivity contribution in [2.45, 2.75) is 57.3 Å². The summed E-state index contributed by atoms with van der Waals surface area (Å²) in [6.45, 7) is 11.9. The maximum absolute atomic E-state index is 6.21. The molecule has 3 heteroatoms. The molecule has 0 aromatic heterocycles. The van der Waals surface area contributed by atoms with Crippen LogP contribution in [-0.2, 0) is 4.43 Å². The normalized spacial score (nSPS) is 29.2. The van der Waals surface area contributed by atoms with Crippen molar-refractivity contribution in [3.8, 4) is 0 Å². The van der Waals surface area contributed by atoms with Crippen LogP contribution in [0.3, 0.4) is 0 Å². The zero-order chi connectivity index (χ0) is 9.41. The summed E-state index contributed by atoms with van der Waals surface area (Å²) in [6.07, 6.45) is 2.75. The zero-order valence-corrected chi connectivity index (χ0v) is 11.1. The molecule has 1 fully saturated rings. The first kappa shape index (κ1) is 10.5. The highest BCUT2D eigenvalue weighted by atomic mass is 28.4. The molecule has 0 aromatic carbocycles. The summed E-state index contributed by atoms with van der Waals surface area (Å²) in [7, 11) is -2.24. The molecule has 0 aromatic rings. The van der Waals surface area contributed by atoms with Crippen LogP contribution in [0.5, 0.6) is 0 Å². The number of rotatable bonds is 2. The second-order valence-electron chi connectivity index (χ2n) is 5.60. The lowest BCUT2D eigenvalue weighted by molar-refractivity contribution is 0.262. The Balaban J connectivity index is 2.53. The number of hydrogen-bond donors (Lipinski definition) is 0. The highest BCUT2D eigenvalue weighted by molar-refractivity contribution is 6.80. The van der Waals surface area contributed by atoms with Crippen LogP contribution >= 0.6 is 0 Å². The van der Waals surface area contributed by atoms with Crippen LogP contribution in [0.2, 0.25) is 38.8 Å². The monoisotopic (exact) mass is 202 g/mol. The molecular weight excluding hydrogens is 180 g/mol. The summed E-state index contributed by atoms with van der Waals surface area (Å²) in [5.74, 6) is 0. The lowest BCUT2D eigenvalue weighted by Gasteiger charge is -2.31. The molecule has 1 nitrogen and oxygen atoms in total. The summed E-state index contributed by atoms with van der Waals surface area (Å²) < 4.78 is 6.21. The quantitative estimate of drug-likeness (QED) is 0.625. The van der Waals surface area contributed by atoms with Crippen LogP contribution in [0.1, 0.15) is 12.8 Å². The first-order valence-electron chi connectivity index (χ1n) is 4.99. The molecule has 0 radical (unpaired) electrons. The van der Waals surface area contributed by atoms with E-state index in [2.05, 4.69) is 32.7 Å². The van der Waals surface area contributed by atoms with Crippen molar-refractivity contribution < 1.29 is 4.43 Å². The molecular formula is C9H22OSi2. The molecule has 1 heterocycles. The van der Waals surface area contributed by atoms with E-state index in [1.165, 1.54) is 18.9 Å². The Morgan fingerprint density at radius 2 is 1.83 bits per heavy atom. The standard InChI is InChI=1S/C9H22OSi2/c1-11(2,3)10-9-7-6-8-12(9,4)5/h9H,6-8H2,1-5H3. The minimum atomic E-state index is -1.28. The molecule has 1 unspecified atom stereocenters. The van der Waals surface area contributed by atoms with Gasteiger partial charge in [0.15, 0.2) is 8.32 Å². The first-order valence-corrected chi connectivity index (χ1v) is 11.7. The molecule has 0 spiro atoms. The van der Waals surface area contributed by atoms with Crippen LogP contribution in [0.15, 0.2) is 0 Å². The Labute approximate surface area is 78.7 Å². The molecule has 72 valence electrons. The minimum absolute atomic E-state index is 0.671. The largest absolute Gasteiger partial charge is 0.418 e. The van der Waals surface area contributed by atoms with Crippen molar-refractivity contribution in [2.24, 2.45) is 0 Å². The molecule has 1 saturated heterocycles. The van der Waals surface area contributed by atoms with E-state index in [0.717, 1.165) is 0 Å². The van der Waals surface area contributed by atoms with Crippen LogP contribution in [0.4, 0.5) is 0 Å². The first-order chi connectivity index (χ1) is 5.31. The predicted octanol–water partition coefficient (Wildman–Crippen LogP) is 3.25. The van der Waals surface area contributed by atoms with Gasteiger partial charge in [-0.05, 0) is 26.1 Å². The zero-order valence-electron chi connectivity index (χ0n) is 9.11. The summed E-state index contributed by atoms with van der Waals surface area (Å²) >= 11 is 0. The molecule has 0 saturated carbocycles. The van der Waals surface area contributed by atoms with E-state index in [-0.39, 0.29) is 0 Å². The summed E-state index contributed by atoms with van der Waals surface area (Å²) in [6, 6.07) is 1.47. The molecule has 12 heavy (non-hydrogen) atoms. The fourth-order valence-corrected chi connectivity index (χ4v) is 7.67. The van der Waals surface area contributed by atoms with Gasteiger partial charge in [-0.25, -0.2) is 0 Å². The third-order valence-corrected chi connectivity index (χ3v) is 7.67. The van der Waals surface area contributed by atoms with Gasteiger partial charge in [-0.1, -0.05) is 25.6 Å². The van der Waals surface area contributed by atoms with Gasteiger partial charge in [0, 0.05) is 5.73 Å². The van der Waals surface area contributed by atoms with Crippen molar-refractivity contribution in [3.63, 3.8) is 0 Å². The Kier molecular flexibility index (Phi) is 2.86. The van der Waals surface area contributed by atoms with Crippen molar-refractivity contribution in [2.75, 3.05) is 0 Å². The molecule has 1 rings (SSSR count). The third-order valence-electron chi connectivity index (χ3n) is 2.65. The third kappa shape index (κ3) is 2.71. The fraction of sp³-hybridized carbons (Fsp3) is 1.00. The molecule has 0 aliphatic carbocycles. The maximum Gasteiger partial charge on any atom is 0.183 e. The van der Waals surface area contributed by atoms with E-state index in [0.29, 0.717) is 5.73 Å². The van der Waals surface area contributed by atoms with Crippen LogP contribution in [0, 0.1) is 0 Å². The molecule has 1 atom stereocenters. The van der Waals surface area contributed by atoms with Gasteiger partial charge < -0.3 is 4.43 Å². The van der Waals surface area contributed by atoms with E-state index in [9.17, 15) is 0 Å². The Morgan fingerprint density at radius 1 is 1.25 bits per heavy atom. The minimum Gasteiger partial charge on any atom is -0.418 e. The second-order valence-corrected chi connectivity index (χ2v) is 15.2. The topological polar surface area (TPSA) is 9.23 Å². The summed E-state index contributed by atoms with van der Waals surface area (Å²) in [5.41, 5.74) is 0.671. The SMILES string of the molecule is C[Si](C)(C)OC1CCC[Si]1(C)C. The van der Waals surface area contributed by atoms with Crippen molar-refractivity contribution in [1.29, 1.82) is 0 Å². The van der Waals surface area contributed by atoms with Crippen molar-refractivity contribution >= 4 is 16.4 Å². The predicted molar refractivity (Wildman–Crippen MR) is 59.7 cm³/mol. The van der Waals surface area contributed by atoms with E-state index >= 15 is 0 Å². The van der Waals surface area contributed by atoms with Gasteiger partial charge in [0.1, 0.15) is 0 Å². The van der Waals surface area contributed by atoms with Crippen LogP contribution in [-0.4, -0.2) is 22.1 Å². The van der Waals surface area contributed by atoms with Gasteiger partial charge >= 0.3 is 0 Å². The Bertz CT molecular complexity index is 160. The molecule has 1 aliphatic heterocycles. The average molecular weight is 202 g/mol. The van der Waals surface area contributed by atoms with Gasteiger partial charge in [-0.15, -0.1) is 0 Å². The summed E-state index contributed by atoms with van der Waals surface area (Å²) in [5, 5.41) is 0.